The van der Waals surface area contributed by atoms with Crippen molar-refractivity contribution in [2.75, 3.05) is 32.6 Å². The molecule has 0 aliphatic rings. The number of halogens is 1. The number of nitrogens with one attached hydrogen (secondary N) is 1. The first-order valence-corrected chi connectivity index (χ1v) is 7.94. The summed E-state index contributed by atoms with van der Waals surface area (Å²) < 4.78 is 5.58. The second-order valence-corrected chi connectivity index (χ2v) is 6.17. The topological polar surface area (TPSA) is 44.7 Å². The van der Waals surface area contributed by atoms with Crippen molar-refractivity contribution < 1.29 is 9.84 Å². The van der Waals surface area contributed by atoms with E-state index in [1.165, 1.54) is 5.56 Å². The summed E-state index contributed by atoms with van der Waals surface area (Å²) in [6.45, 7) is 1.61. The fourth-order valence-corrected chi connectivity index (χ4v) is 2.27. The number of aliphatic hydroxyl groups is 1. The largest absolute Gasteiger partial charge is 0.491 e. The van der Waals surface area contributed by atoms with E-state index in [9.17, 15) is 5.11 Å². The molecular formula is C18H23ClN2O2. The first-order valence-electron chi connectivity index (χ1n) is 7.57. The molecule has 23 heavy (non-hydrogen) atoms. The molecule has 1 atom stereocenters. The molecule has 4 nitrogen and oxygen atoms in total. The fraction of sp³-hybridized carbons (Fsp3) is 0.333. The minimum absolute atomic E-state index is 0.287. The molecule has 0 aliphatic carbocycles. The maximum absolute atomic E-state index is 9.78. The number of aliphatic hydroxyl groups excluding tert-OH is 1. The number of ether oxygens (including phenoxy) is 1. The summed E-state index contributed by atoms with van der Waals surface area (Å²) in [5, 5.41) is 13.9. The first-order chi connectivity index (χ1) is 11.0. The standard InChI is InChI=1S/C18H23ClN2O2/c1-21(2)12-17(22)13-23-18-9-7-16(8-10-18)20-11-14-3-5-15(19)6-4-14/h3-10,17,20,22H,11-13H2,1-2H3. The molecule has 2 aromatic carbocycles. The van der Waals surface area contributed by atoms with Crippen molar-refractivity contribution in [1.82, 2.24) is 4.90 Å². The molecule has 2 aromatic rings. The molecule has 0 saturated carbocycles. The minimum atomic E-state index is -0.493. The fourth-order valence-electron chi connectivity index (χ4n) is 2.14. The van der Waals surface area contributed by atoms with Crippen LogP contribution in [0.4, 0.5) is 5.69 Å². The van der Waals surface area contributed by atoms with Crippen molar-refractivity contribution in [3.63, 3.8) is 0 Å². The van der Waals surface area contributed by atoms with Gasteiger partial charge in [-0.1, -0.05) is 23.7 Å². The van der Waals surface area contributed by atoms with Gasteiger partial charge in [0.25, 0.3) is 0 Å². The zero-order chi connectivity index (χ0) is 16.7. The highest BCUT2D eigenvalue weighted by molar-refractivity contribution is 6.30. The second-order valence-electron chi connectivity index (χ2n) is 5.73. The van der Waals surface area contributed by atoms with E-state index in [0.717, 1.165) is 23.0 Å². The molecule has 2 N–H and O–H groups in total. The minimum Gasteiger partial charge on any atom is -0.491 e. The van der Waals surface area contributed by atoms with E-state index < -0.39 is 6.10 Å². The lowest BCUT2D eigenvalue weighted by molar-refractivity contribution is 0.0831. The van der Waals surface area contributed by atoms with Gasteiger partial charge in [0.2, 0.25) is 0 Å². The third kappa shape index (κ3) is 6.48. The van der Waals surface area contributed by atoms with Gasteiger partial charge in [-0.25, -0.2) is 0 Å². The maximum atomic E-state index is 9.78. The molecular weight excluding hydrogens is 312 g/mol. The SMILES string of the molecule is CN(C)CC(O)COc1ccc(NCc2ccc(Cl)cc2)cc1. The number of hydrogen-bond acceptors (Lipinski definition) is 4. The lowest BCUT2D eigenvalue weighted by atomic mass is 10.2. The summed E-state index contributed by atoms with van der Waals surface area (Å²) in [5.41, 5.74) is 2.18. The van der Waals surface area contributed by atoms with Crippen LogP contribution in [0.25, 0.3) is 0 Å². The Morgan fingerprint density at radius 3 is 2.35 bits per heavy atom. The predicted molar refractivity (Wildman–Crippen MR) is 95.3 cm³/mol. The van der Waals surface area contributed by atoms with Crippen molar-refractivity contribution >= 4 is 17.3 Å². The van der Waals surface area contributed by atoms with E-state index in [1.54, 1.807) is 0 Å². The predicted octanol–water partition coefficient (Wildman–Crippen LogP) is 3.25. The van der Waals surface area contributed by atoms with Gasteiger partial charge in [0, 0.05) is 23.8 Å². The van der Waals surface area contributed by atoms with E-state index in [2.05, 4.69) is 5.32 Å². The summed E-state index contributed by atoms with van der Waals surface area (Å²) in [4.78, 5) is 1.93. The van der Waals surface area contributed by atoms with Gasteiger partial charge in [-0.05, 0) is 56.1 Å². The monoisotopic (exact) mass is 334 g/mol. The Balaban J connectivity index is 1.79. The quantitative estimate of drug-likeness (QED) is 0.778. The summed E-state index contributed by atoms with van der Waals surface area (Å²) >= 11 is 5.87. The molecule has 0 saturated heterocycles. The van der Waals surface area contributed by atoms with Crippen molar-refractivity contribution in [1.29, 1.82) is 0 Å². The Hall–Kier alpha value is -1.75. The first kappa shape index (κ1) is 17.6. The van der Waals surface area contributed by atoms with Gasteiger partial charge in [-0.3, -0.25) is 0 Å². The van der Waals surface area contributed by atoms with Crippen LogP contribution < -0.4 is 10.1 Å². The Morgan fingerprint density at radius 2 is 1.74 bits per heavy atom. The van der Waals surface area contributed by atoms with Crippen LogP contribution in [0.2, 0.25) is 5.02 Å². The van der Waals surface area contributed by atoms with Crippen molar-refractivity contribution in [3.8, 4) is 5.75 Å². The lowest BCUT2D eigenvalue weighted by Crippen LogP contribution is -2.30. The number of likely N-dealkylation sites (N-methyl/N-ethyl adjacent to an activating group) is 1. The van der Waals surface area contributed by atoms with Crippen LogP contribution in [0.1, 0.15) is 5.56 Å². The third-order valence-electron chi connectivity index (χ3n) is 3.28. The number of rotatable bonds is 8. The molecule has 5 heteroatoms. The maximum Gasteiger partial charge on any atom is 0.119 e. The summed E-state index contributed by atoms with van der Waals surface area (Å²) in [7, 11) is 3.84. The smallest absolute Gasteiger partial charge is 0.119 e. The molecule has 0 fully saturated rings. The highest BCUT2D eigenvalue weighted by Gasteiger charge is 2.06. The number of nitrogens with zero attached hydrogens (tertiary/aromatic N) is 1. The Bertz CT molecular complexity index is 585. The van der Waals surface area contributed by atoms with Gasteiger partial charge in [-0.15, -0.1) is 0 Å². The summed E-state index contributed by atoms with van der Waals surface area (Å²) in [5.74, 6) is 0.750. The zero-order valence-electron chi connectivity index (χ0n) is 13.5. The Morgan fingerprint density at radius 1 is 1.09 bits per heavy atom. The van der Waals surface area contributed by atoms with Gasteiger partial charge < -0.3 is 20.1 Å². The highest BCUT2D eigenvalue weighted by Crippen LogP contribution is 2.17. The van der Waals surface area contributed by atoms with Crippen LogP contribution in [-0.2, 0) is 6.54 Å². The van der Waals surface area contributed by atoms with Crippen LogP contribution in [0, 0.1) is 0 Å². The van der Waals surface area contributed by atoms with Gasteiger partial charge in [0.1, 0.15) is 18.5 Å². The van der Waals surface area contributed by atoms with E-state index in [-0.39, 0.29) is 6.61 Å². The number of hydrogen-bond donors (Lipinski definition) is 2. The average molecular weight is 335 g/mol. The average Bonchev–Trinajstić information content (AvgIpc) is 2.53. The van der Waals surface area contributed by atoms with E-state index in [4.69, 9.17) is 16.3 Å². The normalized spacial score (nSPS) is 12.2. The Kier molecular flexibility index (Phi) is 6.71. The van der Waals surface area contributed by atoms with Gasteiger partial charge in [0.05, 0.1) is 0 Å². The second kappa shape index (κ2) is 8.77. The molecule has 124 valence electrons. The van der Waals surface area contributed by atoms with E-state index in [0.29, 0.717) is 6.54 Å². The molecule has 0 radical (unpaired) electrons. The van der Waals surface area contributed by atoms with Crippen LogP contribution >= 0.6 is 11.6 Å². The molecule has 1 unspecified atom stereocenters. The summed E-state index contributed by atoms with van der Waals surface area (Å²) in [6, 6.07) is 15.5. The van der Waals surface area contributed by atoms with Crippen molar-refractivity contribution in [3.05, 3.63) is 59.1 Å². The van der Waals surface area contributed by atoms with Crippen molar-refractivity contribution in [2.45, 2.75) is 12.6 Å². The third-order valence-corrected chi connectivity index (χ3v) is 3.53. The molecule has 0 aromatic heterocycles. The van der Waals surface area contributed by atoms with Gasteiger partial charge in [-0.2, -0.15) is 0 Å². The van der Waals surface area contributed by atoms with E-state index >= 15 is 0 Å². The van der Waals surface area contributed by atoms with Crippen molar-refractivity contribution in [2.24, 2.45) is 0 Å². The van der Waals surface area contributed by atoms with Crippen LogP contribution in [-0.4, -0.2) is 43.4 Å². The highest BCUT2D eigenvalue weighted by atomic mass is 35.5. The molecule has 2 rings (SSSR count). The van der Waals surface area contributed by atoms with Crippen LogP contribution in [0.15, 0.2) is 48.5 Å². The lowest BCUT2D eigenvalue weighted by Gasteiger charge is -2.16. The number of benzene rings is 2. The Labute approximate surface area is 142 Å². The summed E-state index contributed by atoms with van der Waals surface area (Å²) in [6.07, 6.45) is -0.493. The molecule has 0 amide bonds. The van der Waals surface area contributed by atoms with Crippen LogP contribution in [0.3, 0.4) is 0 Å². The zero-order valence-corrected chi connectivity index (χ0v) is 14.3. The molecule has 0 aliphatic heterocycles. The van der Waals surface area contributed by atoms with Gasteiger partial charge >= 0.3 is 0 Å². The van der Waals surface area contributed by atoms with E-state index in [1.807, 2.05) is 67.5 Å². The molecule has 0 heterocycles. The molecule has 0 bridgehead atoms. The molecule has 0 spiro atoms. The number of anilines is 1. The van der Waals surface area contributed by atoms with Crippen LogP contribution in [0.5, 0.6) is 5.75 Å². The van der Waals surface area contributed by atoms with Gasteiger partial charge in [0.15, 0.2) is 0 Å².